The van der Waals surface area contributed by atoms with Gasteiger partial charge in [0.05, 0.1) is 19.8 Å². The Kier molecular flexibility index (Phi) is 38.0. The second kappa shape index (κ2) is 39.0. The minimum atomic E-state index is -4.60. The van der Waals surface area contributed by atoms with Crippen LogP contribution in [0.5, 0.6) is 0 Å². The normalized spacial score (nSPS) is 14.0. The van der Waals surface area contributed by atoms with Crippen LogP contribution in [0.15, 0.2) is 12.2 Å². The largest absolute Gasteiger partial charge is 0.480 e. The van der Waals surface area contributed by atoms with Gasteiger partial charge in [-0.2, -0.15) is 0 Å². The lowest BCUT2D eigenvalue weighted by atomic mass is 10.0. The van der Waals surface area contributed by atoms with Gasteiger partial charge in [-0.05, 0) is 38.5 Å². The average Bonchev–Trinajstić information content (AvgIpc) is 3.13. The highest BCUT2D eigenvalue weighted by Crippen LogP contribution is 2.43. The number of ether oxygens (including phenoxy) is 2. The SMILES string of the molecule is CCCCCCCCCC/C=C\CCCCCCCCCCCCCCOCC(COP(=O)(O)OCC(N)C(=O)O)OC(=O)CCCCCCCCC. The van der Waals surface area contributed by atoms with Crippen LogP contribution in [-0.2, 0) is 32.7 Å². The molecule has 0 aliphatic heterocycles. The van der Waals surface area contributed by atoms with E-state index in [0.717, 1.165) is 38.5 Å². The molecule has 0 radical (unpaired) electrons. The lowest BCUT2D eigenvalue weighted by Gasteiger charge is -2.20. The summed E-state index contributed by atoms with van der Waals surface area (Å²) in [6, 6.07) is -1.47. The van der Waals surface area contributed by atoms with E-state index in [2.05, 4.69) is 30.5 Å². The number of unbranched alkanes of at least 4 members (excludes halogenated alkanes) is 26. The summed E-state index contributed by atoms with van der Waals surface area (Å²) < 4.78 is 33.2. The Hall–Kier alpha value is -1.29. The van der Waals surface area contributed by atoms with Gasteiger partial charge in [0.2, 0.25) is 0 Å². The number of carboxylic acid groups (broad SMARTS) is 1. The summed E-state index contributed by atoms with van der Waals surface area (Å²) in [5.41, 5.74) is 5.33. The first-order valence-corrected chi connectivity index (χ1v) is 23.2. The van der Waals surface area contributed by atoms with Crippen molar-refractivity contribution in [2.45, 2.75) is 219 Å². The van der Waals surface area contributed by atoms with Crippen molar-refractivity contribution < 1.29 is 42.7 Å². The van der Waals surface area contributed by atoms with Crippen molar-refractivity contribution in [3.05, 3.63) is 12.2 Å². The molecule has 0 aliphatic rings. The summed E-state index contributed by atoms with van der Waals surface area (Å²) >= 11 is 0. The highest BCUT2D eigenvalue weighted by Gasteiger charge is 2.27. The zero-order valence-electron chi connectivity index (χ0n) is 34.1. The van der Waals surface area contributed by atoms with Crippen LogP contribution in [-0.4, -0.2) is 60.5 Å². The second-order valence-electron chi connectivity index (χ2n) is 14.8. The number of nitrogens with two attached hydrogens (primary N) is 1. The van der Waals surface area contributed by atoms with Gasteiger partial charge in [0, 0.05) is 13.0 Å². The number of phosphoric ester groups is 1. The van der Waals surface area contributed by atoms with E-state index < -0.39 is 45.1 Å². The van der Waals surface area contributed by atoms with Crippen molar-refractivity contribution >= 4 is 19.8 Å². The number of esters is 1. The third-order valence-electron chi connectivity index (χ3n) is 9.54. The van der Waals surface area contributed by atoms with Crippen molar-refractivity contribution in [3.8, 4) is 0 Å². The third kappa shape index (κ3) is 38.8. The first kappa shape index (κ1) is 51.7. The zero-order valence-corrected chi connectivity index (χ0v) is 35.0. The van der Waals surface area contributed by atoms with Crippen molar-refractivity contribution in [3.63, 3.8) is 0 Å². The Morgan fingerprint density at radius 1 is 0.585 bits per heavy atom. The first-order valence-electron chi connectivity index (χ1n) is 21.7. The van der Waals surface area contributed by atoms with Gasteiger partial charge >= 0.3 is 19.8 Å². The molecule has 0 spiro atoms. The smallest absolute Gasteiger partial charge is 0.472 e. The van der Waals surface area contributed by atoms with E-state index in [1.165, 1.54) is 141 Å². The van der Waals surface area contributed by atoms with E-state index in [4.69, 9.17) is 24.8 Å². The predicted octanol–water partition coefficient (Wildman–Crippen LogP) is 11.8. The molecule has 0 aromatic heterocycles. The summed E-state index contributed by atoms with van der Waals surface area (Å²) in [6.07, 6.45) is 40.2. The van der Waals surface area contributed by atoms with Crippen LogP contribution in [0.3, 0.4) is 0 Å². The fourth-order valence-electron chi connectivity index (χ4n) is 6.13. The van der Waals surface area contributed by atoms with Crippen molar-refractivity contribution in [2.75, 3.05) is 26.4 Å². The third-order valence-corrected chi connectivity index (χ3v) is 10.5. The molecular weight excluding hydrogens is 693 g/mol. The van der Waals surface area contributed by atoms with Gasteiger partial charge in [-0.25, -0.2) is 4.57 Å². The molecule has 3 atom stereocenters. The van der Waals surface area contributed by atoms with Crippen LogP contribution in [0.2, 0.25) is 0 Å². The standard InChI is InChI=1S/C42H82NO9P/c1-3-5-7-9-11-12-13-14-15-16-17-18-19-20-21-22-23-24-25-26-27-29-31-33-35-49-36-39(37-50-53(47,48)51-38-40(43)42(45)46)52-41(44)34-32-30-28-10-8-6-4-2/h16-17,39-40H,3-15,18-38,43H2,1-2H3,(H,45,46)(H,47,48)/b17-16-. The van der Waals surface area contributed by atoms with Crippen LogP contribution in [0, 0.1) is 0 Å². The Morgan fingerprint density at radius 3 is 1.43 bits per heavy atom. The number of aliphatic carboxylic acids is 1. The maximum absolute atomic E-state index is 12.5. The topological polar surface area (TPSA) is 155 Å². The molecule has 0 aromatic carbocycles. The van der Waals surface area contributed by atoms with Gasteiger partial charge < -0.3 is 25.2 Å². The van der Waals surface area contributed by atoms with E-state index in [1.54, 1.807) is 0 Å². The monoisotopic (exact) mass is 776 g/mol. The first-order chi connectivity index (χ1) is 25.7. The summed E-state index contributed by atoms with van der Waals surface area (Å²) in [7, 11) is -4.60. The van der Waals surface area contributed by atoms with Gasteiger partial charge in [-0.1, -0.05) is 174 Å². The molecule has 0 saturated carbocycles. The van der Waals surface area contributed by atoms with Gasteiger partial charge in [0.1, 0.15) is 12.1 Å². The van der Waals surface area contributed by atoms with Gasteiger partial charge in [0.25, 0.3) is 0 Å². The van der Waals surface area contributed by atoms with Crippen molar-refractivity contribution in [2.24, 2.45) is 5.73 Å². The number of allylic oxidation sites excluding steroid dienone is 2. The molecule has 0 rings (SSSR count). The summed E-state index contributed by atoms with van der Waals surface area (Å²) in [5, 5.41) is 8.86. The quantitative estimate of drug-likeness (QED) is 0.0236. The van der Waals surface area contributed by atoms with Crippen LogP contribution < -0.4 is 5.73 Å². The number of carbonyl (C=O) groups is 2. The van der Waals surface area contributed by atoms with E-state index in [1.807, 2.05) is 0 Å². The molecule has 0 aromatic rings. The van der Waals surface area contributed by atoms with E-state index in [9.17, 15) is 19.0 Å². The van der Waals surface area contributed by atoms with Crippen LogP contribution >= 0.6 is 7.82 Å². The molecule has 53 heavy (non-hydrogen) atoms. The summed E-state index contributed by atoms with van der Waals surface area (Å²) in [4.78, 5) is 33.3. The Morgan fingerprint density at radius 2 is 0.981 bits per heavy atom. The van der Waals surface area contributed by atoms with E-state index in [0.29, 0.717) is 13.0 Å². The molecule has 0 saturated heterocycles. The average molecular weight is 776 g/mol. The Balaban J connectivity index is 3.97. The number of carboxylic acids is 1. The zero-order chi connectivity index (χ0) is 39.1. The number of hydrogen-bond donors (Lipinski definition) is 3. The molecule has 0 heterocycles. The fraction of sp³-hybridized carbons (Fsp3) is 0.905. The van der Waals surface area contributed by atoms with Crippen LogP contribution in [0.4, 0.5) is 0 Å². The molecule has 0 aliphatic carbocycles. The van der Waals surface area contributed by atoms with Crippen molar-refractivity contribution in [1.82, 2.24) is 0 Å². The molecule has 314 valence electrons. The number of hydrogen-bond acceptors (Lipinski definition) is 8. The molecule has 3 unspecified atom stereocenters. The minimum Gasteiger partial charge on any atom is -0.480 e. The highest BCUT2D eigenvalue weighted by molar-refractivity contribution is 7.47. The molecule has 0 fully saturated rings. The van der Waals surface area contributed by atoms with Gasteiger partial charge in [-0.3, -0.25) is 18.6 Å². The summed E-state index contributed by atoms with van der Waals surface area (Å²) in [5.74, 6) is -1.78. The minimum absolute atomic E-state index is 0.0213. The van der Waals surface area contributed by atoms with Crippen LogP contribution in [0.1, 0.15) is 206 Å². The molecule has 0 amide bonds. The number of phosphoric acid groups is 1. The number of rotatable bonds is 42. The Labute approximate surface area is 324 Å². The predicted molar refractivity (Wildman–Crippen MR) is 217 cm³/mol. The molecular formula is C42H82NO9P. The summed E-state index contributed by atoms with van der Waals surface area (Å²) in [6.45, 7) is 3.85. The maximum Gasteiger partial charge on any atom is 0.472 e. The van der Waals surface area contributed by atoms with E-state index >= 15 is 0 Å². The second-order valence-corrected chi connectivity index (χ2v) is 16.3. The lowest BCUT2D eigenvalue weighted by molar-refractivity contribution is -0.154. The van der Waals surface area contributed by atoms with Crippen molar-refractivity contribution in [1.29, 1.82) is 0 Å². The van der Waals surface area contributed by atoms with Gasteiger partial charge in [-0.15, -0.1) is 0 Å². The molecule has 4 N–H and O–H groups in total. The van der Waals surface area contributed by atoms with Crippen LogP contribution in [0.25, 0.3) is 0 Å². The van der Waals surface area contributed by atoms with Gasteiger partial charge in [0.15, 0.2) is 0 Å². The molecule has 10 nitrogen and oxygen atoms in total. The maximum atomic E-state index is 12.5. The fourth-order valence-corrected chi connectivity index (χ4v) is 6.91. The Bertz CT molecular complexity index is 904. The molecule has 11 heteroatoms. The van der Waals surface area contributed by atoms with E-state index in [-0.39, 0.29) is 13.0 Å². The lowest BCUT2D eigenvalue weighted by Crippen LogP contribution is -2.34. The molecule has 0 bridgehead atoms. The number of carbonyl (C=O) groups excluding carboxylic acids is 1. The highest BCUT2D eigenvalue weighted by atomic mass is 31.2.